The van der Waals surface area contributed by atoms with Crippen molar-refractivity contribution in [2.24, 2.45) is 0 Å². The molecule has 0 amide bonds. The zero-order valence-corrected chi connectivity index (χ0v) is 14.1. The van der Waals surface area contributed by atoms with Crippen LogP contribution in [0.25, 0.3) is 0 Å². The fourth-order valence-corrected chi connectivity index (χ4v) is 2.84. The van der Waals surface area contributed by atoms with Crippen LogP contribution in [-0.2, 0) is 11.3 Å². The molecule has 1 aromatic heterocycles. The molecule has 0 radical (unpaired) electrons. The summed E-state index contributed by atoms with van der Waals surface area (Å²) >= 11 is 3.54. The van der Waals surface area contributed by atoms with Gasteiger partial charge >= 0.3 is 0 Å². The average Bonchev–Trinajstić information content (AvgIpc) is 2.44. The molecule has 1 N–H and O–H groups in total. The van der Waals surface area contributed by atoms with E-state index in [0.717, 1.165) is 41.4 Å². The Morgan fingerprint density at radius 1 is 1.35 bits per heavy atom. The first-order valence-corrected chi connectivity index (χ1v) is 7.48. The van der Waals surface area contributed by atoms with E-state index in [-0.39, 0.29) is 6.04 Å². The van der Waals surface area contributed by atoms with Crippen LogP contribution < -0.4 is 5.32 Å². The Labute approximate surface area is 128 Å². The summed E-state index contributed by atoms with van der Waals surface area (Å²) in [5, 5.41) is 3.11. The van der Waals surface area contributed by atoms with Crippen LogP contribution in [0.15, 0.2) is 4.47 Å². The van der Waals surface area contributed by atoms with Crippen molar-refractivity contribution in [2.45, 2.75) is 12.6 Å². The number of piperazine rings is 1. The number of nitrogens with one attached hydrogen (secondary N) is 1. The van der Waals surface area contributed by atoms with Gasteiger partial charge in [0.25, 0.3) is 0 Å². The van der Waals surface area contributed by atoms with Crippen molar-refractivity contribution >= 4 is 21.7 Å². The monoisotopic (exact) mass is 343 g/mol. The van der Waals surface area contributed by atoms with Crippen LogP contribution in [0.1, 0.15) is 17.6 Å². The molecule has 1 unspecified atom stereocenters. The van der Waals surface area contributed by atoms with Crippen molar-refractivity contribution in [2.75, 3.05) is 53.2 Å². The highest BCUT2D eigenvalue weighted by Crippen LogP contribution is 2.28. The van der Waals surface area contributed by atoms with Gasteiger partial charge in [0.15, 0.2) is 0 Å². The third kappa shape index (κ3) is 3.28. The lowest BCUT2D eigenvalue weighted by Gasteiger charge is -2.36. The van der Waals surface area contributed by atoms with Gasteiger partial charge in [0.05, 0.1) is 22.8 Å². The summed E-state index contributed by atoms with van der Waals surface area (Å²) in [4.78, 5) is 14.0. The number of rotatable bonds is 4. The highest BCUT2D eigenvalue weighted by atomic mass is 79.9. The zero-order chi connectivity index (χ0) is 14.7. The minimum Gasteiger partial charge on any atom is -0.378 e. The molecule has 0 aliphatic carbocycles. The summed E-state index contributed by atoms with van der Waals surface area (Å²) in [6.45, 7) is 3.51. The summed E-state index contributed by atoms with van der Waals surface area (Å²) in [5.41, 5.74) is 0.878. The summed E-state index contributed by atoms with van der Waals surface area (Å²) in [5.74, 6) is 1.65. The average molecular weight is 344 g/mol. The number of anilines is 1. The predicted octanol–water partition coefficient (Wildman–Crippen LogP) is 1.35. The fraction of sp³-hybridized carbons (Fsp3) is 0.692. The zero-order valence-electron chi connectivity index (χ0n) is 12.5. The maximum Gasteiger partial charge on any atom is 0.149 e. The number of aromatic nitrogens is 2. The molecular formula is C13H22BrN5O. The van der Waals surface area contributed by atoms with E-state index in [1.54, 1.807) is 7.11 Å². The maximum absolute atomic E-state index is 5.23. The molecule has 1 aliphatic rings. The van der Waals surface area contributed by atoms with Crippen LogP contribution in [0.2, 0.25) is 0 Å². The molecule has 1 aromatic rings. The molecule has 2 heterocycles. The van der Waals surface area contributed by atoms with Crippen molar-refractivity contribution in [3.63, 3.8) is 0 Å². The molecular weight excluding hydrogens is 322 g/mol. The first kappa shape index (κ1) is 15.6. The van der Waals surface area contributed by atoms with Gasteiger partial charge in [-0.25, -0.2) is 9.97 Å². The standard InChI is InChI=1S/C13H22BrN5O/c1-15-13-11(14)9(8-20-4)16-12(17-13)10-7-18(2)5-6-19(10)3/h10H,5-8H2,1-4H3,(H,15,16,17). The van der Waals surface area contributed by atoms with Gasteiger partial charge in [0, 0.05) is 33.8 Å². The SMILES string of the molecule is CNc1nc(C2CN(C)CCN2C)nc(COC)c1Br. The molecule has 0 aromatic carbocycles. The normalized spacial score (nSPS) is 21.1. The number of nitrogens with zero attached hydrogens (tertiary/aromatic N) is 4. The van der Waals surface area contributed by atoms with E-state index in [1.165, 1.54) is 0 Å². The van der Waals surface area contributed by atoms with Gasteiger partial charge in [-0.1, -0.05) is 0 Å². The van der Waals surface area contributed by atoms with Gasteiger partial charge in [-0.3, -0.25) is 4.90 Å². The van der Waals surface area contributed by atoms with Crippen molar-refractivity contribution in [1.29, 1.82) is 0 Å². The van der Waals surface area contributed by atoms with E-state index in [9.17, 15) is 0 Å². The largest absolute Gasteiger partial charge is 0.378 e. The minimum absolute atomic E-state index is 0.213. The lowest BCUT2D eigenvalue weighted by atomic mass is 10.1. The Kier molecular flexibility index (Phi) is 5.31. The van der Waals surface area contributed by atoms with E-state index in [0.29, 0.717) is 6.61 Å². The van der Waals surface area contributed by atoms with E-state index in [2.05, 4.69) is 55.1 Å². The summed E-state index contributed by atoms with van der Waals surface area (Å²) in [6.07, 6.45) is 0. The second-order valence-corrected chi connectivity index (χ2v) is 5.93. The van der Waals surface area contributed by atoms with Gasteiger partial charge in [-0.15, -0.1) is 0 Å². The molecule has 1 atom stereocenters. The number of likely N-dealkylation sites (N-methyl/N-ethyl adjacent to an activating group) is 2. The van der Waals surface area contributed by atoms with Gasteiger partial charge in [-0.2, -0.15) is 0 Å². The van der Waals surface area contributed by atoms with Crippen LogP contribution in [0.3, 0.4) is 0 Å². The summed E-state index contributed by atoms with van der Waals surface area (Å²) < 4.78 is 6.10. The smallest absolute Gasteiger partial charge is 0.149 e. The van der Waals surface area contributed by atoms with Crippen LogP contribution in [0.5, 0.6) is 0 Å². The Morgan fingerprint density at radius 2 is 2.10 bits per heavy atom. The number of hydrogen-bond acceptors (Lipinski definition) is 6. The van der Waals surface area contributed by atoms with Crippen LogP contribution in [0, 0.1) is 0 Å². The van der Waals surface area contributed by atoms with Gasteiger partial charge in [-0.05, 0) is 30.0 Å². The number of halogens is 1. The fourth-order valence-electron chi connectivity index (χ4n) is 2.35. The highest BCUT2D eigenvalue weighted by Gasteiger charge is 2.27. The quantitative estimate of drug-likeness (QED) is 0.890. The van der Waals surface area contributed by atoms with Crippen molar-refractivity contribution < 1.29 is 4.74 Å². The first-order valence-electron chi connectivity index (χ1n) is 6.68. The molecule has 2 rings (SSSR count). The summed E-state index contributed by atoms with van der Waals surface area (Å²) in [6, 6.07) is 0.213. The van der Waals surface area contributed by atoms with Crippen LogP contribution in [0.4, 0.5) is 5.82 Å². The second kappa shape index (κ2) is 6.80. The Morgan fingerprint density at radius 3 is 2.75 bits per heavy atom. The first-order chi connectivity index (χ1) is 9.56. The minimum atomic E-state index is 0.213. The van der Waals surface area contributed by atoms with Gasteiger partial charge < -0.3 is 15.0 Å². The molecule has 0 saturated carbocycles. The van der Waals surface area contributed by atoms with Gasteiger partial charge in [0.1, 0.15) is 11.6 Å². The van der Waals surface area contributed by atoms with Crippen LogP contribution >= 0.6 is 15.9 Å². The molecule has 1 aliphatic heterocycles. The lowest BCUT2D eigenvalue weighted by Crippen LogP contribution is -2.45. The molecule has 7 heteroatoms. The molecule has 20 heavy (non-hydrogen) atoms. The van der Waals surface area contributed by atoms with E-state index in [1.807, 2.05) is 7.05 Å². The second-order valence-electron chi connectivity index (χ2n) is 5.13. The summed E-state index contributed by atoms with van der Waals surface area (Å²) in [7, 11) is 7.80. The van der Waals surface area contributed by atoms with E-state index < -0.39 is 0 Å². The molecule has 0 spiro atoms. The van der Waals surface area contributed by atoms with Crippen molar-refractivity contribution in [1.82, 2.24) is 19.8 Å². The molecule has 6 nitrogen and oxygen atoms in total. The van der Waals surface area contributed by atoms with Crippen LogP contribution in [-0.4, -0.2) is 67.7 Å². The van der Waals surface area contributed by atoms with Gasteiger partial charge in [0.2, 0.25) is 0 Å². The highest BCUT2D eigenvalue weighted by molar-refractivity contribution is 9.10. The molecule has 1 fully saturated rings. The van der Waals surface area contributed by atoms with E-state index >= 15 is 0 Å². The molecule has 0 bridgehead atoms. The Bertz CT molecular complexity index is 470. The Balaban J connectivity index is 2.37. The third-order valence-corrected chi connectivity index (χ3v) is 4.44. The molecule has 112 valence electrons. The lowest BCUT2D eigenvalue weighted by molar-refractivity contribution is 0.109. The third-order valence-electron chi connectivity index (χ3n) is 3.60. The van der Waals surface area contributed by atoms with E-state index in [4.69, 9.17) is 4.74 Å². The Hall–Kier alpha value is -0.760. The number of ether oxygens (including phenoxy) is 1. The number of hydrogen-bond donors (Lipinski definition) is 1. The number of methoxy groups -OCH3 is 1. The topological polar surface area (TPSA) is 53.5 Å². The van der Waals surface area contributed by atoms with Crippen molar-refractivity contribution in [3.8, 4) is 0 Å². The maximum atomic E-state index is 5.23. The predicted molar refractivity (Wildman–Crippen MR) is 82.9 cm³/mol. The van der Waals surface area contributed by atoms with Crippen molar-refractivity contribution in [3.05, 3.63) is 16.0 Å². The molecule has 1 saturated heterocycles.